The highest BCUT2D eigenvalue weighted by molar-refractivity contribution is 8.00. The van der Waals surface area contributed by atoms with E-state index in [2.05, 4.69) is 32.9 Å². The van der Waals surface area contributed by atoms with Crippen LogP contribution in [0.2, 0.25) is 0 Å². The van der Waals surface area contributed by atoms with Gasteiger partial charge in [-0.2, -0.15) is 0 Å². The van der Waals surface area contributed by atoms with E-state index >= 15 is 0 Å². The molecule has 0 saturated carbocycles. The second kappa shape index (κ2) is 2.37. The van der Waals surface area contributed by atoms with Crippen LogP contribution in [0.25, 0.3) is 0 Å². The van der Waals surface area contributed by atoms with Gasteiger partial charge in [0.05, 0.1) is 0 Å². The first-order valence-electron chi connectivity index (χ1n) is 3.39. The van der Waals surface area contributed by atoms with Crippen molar-refractivity contribution in [3.8, 4) is 0 Å². The van der Waals surface area contributed by atoms with Crippen molar-refractivity contribution >= 4 is 11.8 Å². The normalized spacial score (nSPS) is 27.2. The Morgan fingerprint density at radius 2 is 2.11 bits per heavy atom. The summed E-state index contributed by atoms with van der Waals surface area (Å²) in [5.41, 5.74) is 0.456. The van der Waals surface area contributed by atoms with E-state index in [1.807, 2.05) is 11.8 Å². The average Bonchev–Trinajstić information content (AvgIpc) is 2.08. The quantitative estimate of drug-likeness (QED) is 0.469. The smallest absolute Gasteiger partial charge is 0.0279 e. The molecule has 0 bridgehead atoms. The molecule has 0 spiro atoms. The minimum absolute atomic E-state index is 0.456. The molecule has 0 nitrogen and oxygen atoms in total. The van der Waals surface area contributed by atoms with Gasteiger partial charge < -0.3 is 0 Å². The highest BCUT2D eigenvalue weighted by Gasteiger charge is 2.24. The Balaban J connectivity index is 2.53. The second-order valence-corrected chi connectivity index (χ2v) is 4.72. The Morgan fingerprint density at radius 1 is 1.44 bits per heavy atom. The van der Waals surface area contributed by atoms with Gasteiger partial charge in [-0.25, -0.2) is 0 Å². The molecule has 0 aromatic carbocycles. The summed E-state index contributed by atoms with van der Waals surface area (Å²) in [5, 5.41) is 0.748. The van der Waals surface area contributed by atoms with Crippen LogP contribution in [0.5, 0.6) is 0 Å². The van der Waals surface area contributed by atoms with Gasteiger partial charge in [-0.3, -0.25) is 0 Å². The Kier molecular flexibility index (Phi) is 1.90. The van der Waals surface area contributed by atoms with Crippen molar-refractivity contribution in [2.75, 3.05) is 5.75 Å². The maximum atomic E-state index is 2.32. The molecule has 0 amide bonds. The summed E-state index contributed by atoms with van der Waals surface area (Å²) in [4.78, 5) is 0. The molecule has 0 aromatic heterocycles. The maximum absolute atomic E-state index is 2.32. The first-order chi connectivity index (χ1) is 4.11. The maximum Gasteiger partial charge on any atom is 0.0279 e. The van der Waals surface area contributed by atoms with Crippen LogP contribution in [-0.2, 0) is 0 Å². The summed E-state index contributed by atoms with van der Waals surface area (Å²) in [6, 6.07) is 0. The Morgan fingerprint density at radius 3 is 2.33 bits per heavy atom. The van der Waals surface area contributed by atoms with E-state index < -0.39 is 0 Å². The largest absolute Gasteiger partial charge is 0.150 e. The summed E-state index contributed by atoms with van der Waals surface area (Å²) in [6.45, 7) is 6.88. The standard InChI is InChI=1S/C8H14S/c1-8(2,3)7-5-4-6-9-7/h4-5,7H,6H2,1-3H3/t7-/m0/s1. The van der Waals surface area contributed by atoms with Crippen molar-refractivity contribution in [2.24, 2.45) is 5.41 Å². The minimum Gasteiger partial charge on any atom is -0.150 e. The predicted molar refractivity (Wildman–Crippen MR) is 44.8 cm³/mol. The van der Waals surface area contributed by atoms with Gasteiger partial charge in [-0.05, 0) is 5.41 Å². The van der Waals surface area contributed by atoms with Gasteiger partial charge in [0.2, 0.25) is 0 Å². The fourth-order valence-electron chi connectivity index (χ4n) is 0.933. The lowest BCUT2D eigenvalue weighted by molar-refractivity contribution is 0.434. The van der Waals surface area contributed by atoms with Gasteiger partial charge in [-0.1, -0.05) is 32.9 Å². The monoisotopic (exact) mass is 142 g/mol. The third kappa shape index (κ3) is 1.75. The van der Waals surface area contributed by atoms with E-state index in [4.69, 9.17) is 0 Å². The van der Waals surface area contributed by atoms with Gasteiger partial charge in [-0.15, -0.1) is 11.8 Å². The van der Waals surface area contributed by atoms with Gasteiger partial charge in [0.15, 0.2) is 0 Å². The molecule has 9 heavy (non-hydrogen) atoms. The highest BCUT2D eigenvalue weighted by atomic mass is 32.2. The summed E-state index contributed by atoms with van der Waals surface area (Å²) >= 11 is 2.04. The molecule has 1 heteroatoms. The number of rotatable bonds is 0. The summed E-state index contributed by atoms with van der Waals surface area (Å²) < 4.78 is 0. The van der Waals surface area contributed by atoms with Crippen molar-refractivity contribution in [3.05, 3.63) is 12.2 Å². The molecule has 1 atom stereocenters. The van der Waals surface area contributed by atoms with Gasteiger partial charge >= 0.3 is 0 Å². The van der Waals surface area contributed by atoms with Crippen LogP contribution in [0.3, 0.4) is 0 Å². The van der Waals surface area contributed by atoms with E-state index in [1.54, 1.807) is 0 Å². The number of hydrogen-bond donors (Lipinski definition) is 0. The Bertz CT molecular complexity index is 119. The molecule has 0 radical (unpaired) electrons. The molecule has 0 fully saturated rings. The lowest BCUT2D eigenvalue weighted by Gasteiger charge is -2.24. The topological polar surface area (TPSA) is 0 Å². The van der Waals surface area contributed by atoms with Crippen molar-refractivity contribution in [2.45, 2.75) is 26.0 Å². The molecule has 1 heterocycles. The molecule has 1 rings (SSSR count). The molecule has 1 aliphatic rings. The van der Waals surface area contributed by atoms with E-state index in [9.17, 15) is 0 Å². The van der Waals surface area contributed by atoms with E-state index in [1.165, 1.54) is 5.75 Å². The molecule has 0 aliphatic carbocycles. The van der Waals surface area contributed by atoms with Crippen LogP contribution in [0.4, 0.5) is 0 Å². The zero-order valence-electron chi connectivity index (χ0n) is 6.35. The Hall–Kier alpha value is 0.0900. The Labute approximate surface area is 61.7 Å². The van der Waals surface area contributed by atoms with E-state index in [0.717, 1.165) is 5.25 Å². The first kappa shape index (κ1) is 7.20. The molecule has 1 aliphatic heterocycles. The van der Waals surface area contributed by atoms with E-state index in [-0.39, 0.29) is 0 Å². The van der Waals surface area contributed by atoms with Crippen molar-refractivity contribution in [1.82, 2.24) is 0 Å². The molecule has 0 saturated heterocycles. The molecule has 0 unspecified atom stereocenters. The highest BCUT2D eigenvalue weighted by Crippen LogP contribution is 2.34. The third-order valence-corrected chi connectivity index (χ3v) is 3.14. The van der Waals surface area contributed by atoms with Gasteiger partial charge in [0.25, 0.3) is 0 Å². The van der Waals surface area contributed by atoms with Crippen molar-refractivity contribution in [3.63, 3.8) is 0 Å². The number of hydrogen-bond acceptors (Lipinski definition) is 1. The lowest BCUT2D eigenvalue weighted by atomic mass is 9.92. The van der Waals surface area contributed by atoms with Crippen LogP contribution in [0, 0.1) is 5.41 Å². The zero-order chi connectivity index (χ0) is 6.91. The van der Waals surface area contributed by atoms with Crippen molar-refractivity contribution in [1.29, 1.82) is 0 Å². The summed E-state index contributed by atoms with van der Waals surface area (Å²) in [7, 11) is 0. The first-order valence-corrected chi connectivity index (χ1v) is 4.44. The number of thioether (sulfide) groups is 1. The molecule has 0 N–H and O–H groups in total. The average molecular weight is 142 g/mol. The van der Waals surface area contributed by atoms with Gasteiger partial charge in [0, 0.05) is 11.0 Å². The van der Waals surface area contributed by atoms with Crippen molar-refractivity contribution < 1.29 is 0 Å². The predicted octanol–water partition coefficient (Wildman–Crippen LogP) is 2.70. The SMILES string of the molecule is CC(C)(C)[C@@H]1C=CCS1. The molecule has 0 aromatic rings. The van der Waals surface area contributed by atoms with Crippen LogP contribution < -0.4 is 0 Å². The van der Waals surface area contributed by atoms with Gasteiger partial charge in [0.1, 0.15) is 0 Å². The molecular weight excluding hydrogens is 128 g/mol. The van der Waals surface area contributed by atoms with Crippen LogP contribution in [0.1, 0.15) is 20.8 Å². The van der Waals surface area contributed by atoms with Crippen LogP contribution in [0.15, 0.2) is 12.2 Å². The lowest BCUT2D eigenvalue weighted by Crippen LogP contribution is -2.18. The molecular formula is C8H14S. The summed E-state index contributed by atoms with van der Waals surface area (Å²) in [5.74, 6) is 1.21. The third-order valence-electron chi connectivity index (χ3n) is 1.54. The minimum atomic E-state index is 0.456. The van der Waals surface area contributed by atoms with Crippen LogP contribution in [-0.4, -0.2) is 11.0 Å². The second-order valence-electron chi connectivity index (χ2n) is 3.55. The van der Waals surface area contributed by atoms with E-state index in [0.29, 0.717) is 5.41 Å². The fraction of sp³-hybridized carbons (Fsp3) is 0.750. The van der Waals surface area contributed by atoms with Crippen LogP contribution >= 0.6 is 11.8 Å². The fourth-order valence-corrected chi connectivity index (χ4v) is 2.08. The molecule has 52 valence electrons. The summed E-state index contributed by atoms with van der Waals surface area (Å²) in [6.07, 6.45) is 4.59. The zero-order valence-corrected chi connectivity index (χ0v) is 7.16.